The first-order valence-electron chi connectivity index (χ1n) is 24.0. The van der Waals surface area contributed by atoms with Gasteiger partial charge in [0, 0.05) is 94.3 Å². The molecule has 2 N–H and O–H groups in total. The molecular weight excluding hydrogens is 961 g/mol. The normalized spacial score (nSPS) is 22.2. The number of piperazine rings is 1. The lowest BCUT2D eigenvalue weighted by Gasteiger charge is -2.45. The van der Waals surface area contributed by atoms with Crippen LogP contribution in [0.25, 0.3) is 16.6 Å². The van der Waals surface area contributed by atoms with Gasteiger partial charge in [-0.3, -0.25) is 9.69 Å². The molecule has 70 heavy (non-hydrogen) atoms. The number of allylic oxidation sites excluding steroid dienone is 1. The summed E-state index contributed by atoms with van der Waals surface area (Å²) in [5.74, 6) is -0.595. The molecule has 2 aromatic carbocycles. The molecule has 7 heterocycles. The van der Waals surface area contributed by atoms with Crippen molar-refractivity contribution in [3.8, 4) is 11.8 Å². The fourth-order valence-electron chi connectivity index (χ4n) is 10.2. The number of halogens is 3. The van der Waals surface area contributed by atoms with Crippen molar-refractivity contribution in [2.24, 2.45) is 5.41 Å². The summed E-state index contributed by atoms with van der Waals surface area (Å²) in [5, 5.41) is 1.40. The number of benzene rings is 2. The lowest BCUT2D eigenvalue weighted by Crippen LogP contribution is -2.56. The summed E-state index contributed by atoms with van der Waals surface area (Å²) in [6.07, 6.45) is 6.35. The van der Waals surface area contributed by atoms with E-state index < -0.39 is 21.6 Å². The molecule has 2 atom stereocenters. The van der Waals surface area contributed by atoms with Crippen LogP contribution in [0.5, 0.6) is 11.8 Å². The molecule has 1 amide bonds. The third-order valence-electron chi connectivity index (χ3n) is 14.0. The van der Waals surface area contributed by atoms with E-state index in [4.69, 9.17) is 51.9 Å². The van der Waals surface area contributed by atoms with Crippen LogP contribution in [0.1, 0.15) is 68.3 Å². The number of sulfonamides is 1. The number of pyridine rings is 2. The van der Waals surface area contributed by atoms with E-state index in [1.807, 2.05) is 41.3 Å². The molecule has 19 heteroatoms. The first-order chi connectivity index (χ1) is 33.7. The predicted octanol–water partition coefficient (Wildman–Crippen LogP) is 8.77. The fourth-order valence-corrected chi connectivity index (χ4v) is 11.6. The molecule has 3 fully saturated rings. The highest BCUT2D eigenvalue weighted by molar-refractivity contribution is 7.90. The summed E-state index contributed by atoms with van der Waals surface area (Å²) >= 11 is 12.8. The second-order valence-corrected chi connectivity index (χ2v) is 22.2. The van der Waals surface area contributed by atoms with Gasteiger partial charge in [-0.15, -0.1) is 0 Å². The van der Waals surface area contributed by atoms with Crippen molar-refractivity contribution < 1.29 is 41.3 Å². The number of hydrogen-bond donors (Lipinski definition) is 2. The molecule has 0 unspecified atom stereocenters. The number of aromatic nitrogens is 3. The van der Waals surface area contributed by atoms with E-state index in [9.17, 15) is 13.2 Å². The van der Waals surface area contributed by atoms with Crippen molar-refractivity contribution in [2.75, 3.05) is 88.8 Å². The minimum atomic E-state index is -4.53. The quantitative estimate of drug-likeness (QED) is 0.144. The number of nitrogens with one attached hydrogen (secondary N) is 2. The number of alkyl halides is 1. The Balaban J connectivity index is 0.957. The number of ether oxygens (including phenoxy) is 5. The number of fused-ring (bicyclic) bond motifs is 4. The molecule has 0 saturated carbocycles. The Morgan fingerprint density at radius 3 is 2.60 bits per heavy atom. The van der Waals surface area contributed by atoms with Gasteiger partial charge in [-0.2, -0.15) is 4.98 Å². The highest BCUT2D eigenvalue weighted by Crippen LogP contribution is 2.46. The van der Waals surface area contributed by atoms with Crippen molar-refractivity contribution >= 4 is 72.8 Å². The molecular formula is C51H58Cl2FN7O8S. The number of carbonyl (C=O) groups excluding carboxylic acids is 1. The monoisotopic (exact) mass is 1020 g/mol. The summed E-state index contributed by atoms with van der Waals surface area (Å²) in [7, 11) is -4.53. The third kappa shape index (κ3) is 10.6. The van der Waals surface area contributed by atoms with Gasteiger partial charge in [0.05, 0.1) is 42.8 Å². The zero-order valence-electron chi connectivity index (χ0n) is 39.4. The van der Waals surface area contributed by atoms with Crippen molar-refractivity contribution in [3.05, 3.63) is 99.8 Å². The molecule has 0 radical (unpaired) electrons. The van der Waals surface area contributed by atoms with Crippen LogP contribution < -0.4 is 24.0 Å². The summed E-state index contributed by atoms with van der Waals surface area (Å²) in [5.41, 5.74) is 4.96. The maximum atomic E-state index is 15.2. The molecule has 4 aliphatic heterocycles. The van der Waals surface area contributed by atoms with Gasteiger partial charge in [0.2, 0.25) is 11.8 Å². The second-order valence-electron chi connectivity index (χ2n) is 19.6. The minimum absolute atomic E-state index is 0.0218. The average molecular weight is 1020 g/mol. The number of hydrogen-bond acceptors (Lipinski definition) is 13. The van der Waals surface area contributed by atoms with Crippen LogP contribution in [0.15, 0.2) is 83.5 Å². The number of H-pyrrole nitrogens is 1. The van der Waals surface area contributed by atoms with Gasteiger partial charge in [0.25, 0.3) is 15.9 Å². The van der Waals surface area contributed by atoms with Crippen molar-refractivity contribution in [1.29, 1.82) is 0 Å². The van der Waals surface area contributed by atoms with Gasteiger partial charge in [-0.05, 0) is 96.3 Å². The van der Waals surface area contributed by atoms with E-state index in [1.165, 1.54) is 16.7 Å². The molecule has 372 valence electrons. The number of aromatic amines is 1. The van der Waals surface area contributed by atoms with Crippen LogP contribution >= 0.6 is 23.2 Å². The van der Waals surface area contributed by atoms with E-state index in [2.05, 4.69) is 50.5 Å². The Labute approximate surface area is 417 Å². The van der Waals surface area contributed by atoms with Gasteiger partial charge in [0.1, 0.15) is 33.5 Å². The minimum Gasteiger partial charge on any atom is -0.476 e. The van der Waals surface area contributed by atoms with Gasteiger partial charge in [-0.25, -0.2) is 22.5 Å². The fraction of sp³-hybridized carbons (Fsp3) is 0.471. The largest absolute Gasteiger partial charge is 0.476 e. The van der Waals surface area contributed by atoms with Crippen LogP contribution in [0, 0.1) is 5.41 Å². The topological polar surface area (TPSA) is 161 Å². The van der Waals surface area contributed by atoms with Crippen molar-refractivity contribution in [3.63, 3.8) is 0 Å². The summed E-state index contributed by atoms with van der Waals surface area (Å²) in [6, 6.07) is 18.7. The second kappa shape index (κ2) is 20.2. The van der Waals surface area contributed by atoms with E-state index in [-0.39, 0.29) is 71.6 Å². The van der Waals surface area contributed by atoms with Gasteiger partial charge < -0.3 is 38.5 Å². The van der Waals surface area contributed by atoms with Crippen LogP contribution in [-0.4, -0.2) is 131 Å². The molecule has 0 spiro atoms. The van der Waals surface area contributed by atoms with Gasteiger partial charge >= 0.3 is 0 Å². The van der Waals surface area contributed by atoms with Crippen molar-refractivity contribution in [1.82, 2.24) is 24.6 Å². The molecule has 1 aliphatic carbocycles. The van der Waals surface area contributed by atoms with Crippen molar-refractivity contribution in [2.45, 2.75) is 75.1 Å². The zero-order chi connectivity index (χ0) is 48.6. The third-order valence-corrected chi connectivity index (χ3v) is 15.8. The van der Waals surface area contributed by atoms with Crippen LogP contribution in [0.2, 0.25) is 10.0 Å². The molecule has 3 aromatic heterocycles. The standard InChI is InChI=1S/C51H58Cl2FN7O8S/c1-50(2)26-40(33-5-7-35(52)8-6-33)41-30-60-17-16-59(29-37(60)31-66-18-4-20-67-45(41)27-50)36-9-10-39(43(24-36)61-15-3-19-68-49-44(61)23-34-11-14-55-46(34)57-49)47(62)58-70(63,64)38-25-42(53)48(56-28-38)69-32-51(54)12-21-65-22-13-51/h5-11,14,23-25,28,37,45H,3-4,12-13,15-22,26-27,29-32H2,1-2H3,(H,55,57)(H,58,62)/t37-,45+/m0/s1. The van der Waals surface area contributed by atoms with E-state index >= 15 is 4.39 Å². The SMILES string of the molecule is CC1(C)CC(c2ccc(Cl)cc2)=C2CN3CCN(c4ccc(C(=O)NS(=O)(=O)c5cnc(OCC6(F)CCOCC6)c(Cl)c5)c(N5CCCOc6nc7[nH]ccc7cc65)c4)C[C@H]3COCCCO[C@@H]2C1. The molecule has 10 rings (SSSR count). The molecule has 5 aromatic rings. The molecule has 5 aliphatic rings. The van der Waals surface area contributed by atoms with E-state index in [0.717, 1.165) is 55.7 Å². The van der Waals surface area contributed by atoms with Crippen LogP contribution in [0.4, 0.5) is 21.5 Å². The smallest absolute Gasteiger partial charge is 0.267 e. The first kappa shape index (κ1) is 48.6. The highest BCUT2D eigenvalue weighted by atomic mass is 35.5. The Morgan fingerprint density at radius 2 is 1.79 bits per heavy atom. The average Bonchev–Trinajstić information content (AvgIpc) is 3.69. The van der Waals surface area contributed by atoms with Crippen LogP contribution in [-0.2, 0) is 24.2 Å². The zero-order valence-corrected chi connectivity index (χ0v) is 41.7. The number of rotatable bonds is 9. The molecule has 3 saturated heterocycles. The number of anilines is 3. The lowest BCUT2D eigenvalue weighted by atomic mass is 9.71. The van der Waals surface area contributed by atoms with E-state index in [1.54, 1.807) is 12.3 Å². The summed E-state index contributed by atoms with van der Waals surface area (Å²) in [4.78, 5) is 33.0. The lowest BCUT2D eigenvalue weighted by molar-refractivity contribution is -0.0331. The van der Waals surface area contributed by atoms with Gasteiger partial charge in [-0.1, -0.05) is 49.2 Å². The highest BCUT2D eigenvalue weighted by Gasteiger charge is 2.39. The Kier molecular flexibility index (Phi) is 14.1. The Hall–Kier alpha value is -5.01. The number of nitrogens with zero attached hydrogens (tertiary/aromatic N) is 5. The number of amides is 1. The maximum Gasteiger partial charge on any atom is 0.267 e. The predicted molar refractivity (Wildman–Crippen MR) is 267 cm³/mol. The Bertz CT molecular complexity index is 2880. The van der Waals surface area contributed by atoms with Crippen LogP contribution in [0.3, 0.4) is 0 Å². The summed E-state index contributed by atoms with van der Waals surface area (Å²) < 4.78 is 75.5. The molecule has 15 nitrogen and oxygen atoms in total. The Morgan fingerprint density at radius 1 is 0.957 bits per heavy atom. The summed E-state index contributed by atoms with van der Waals surface area (Å²) in [6.45, 7) is 10.2. The molecule has 0 bridgehead atoms. The van der Waals surface area contributed by atoms with Gasteiger partial charge in [0.15, 0.2) is 0 Å². The maximum absolute atomic E-state index is 15.2. The first-order valence-corrected chi connectivity index (χ1v) is 26.3. The van der Waals surface area contributed by atoms with E-state index in [0.29, 0.717) is 80.4 Å². The number of carbonyl (C=O) groups is 1.